The highest BCUT2D eigenvalue weighted by atomic mass is 32.2. The number of carbonyl (C=O) groups is 3. The Bertz CT molecular complexity index is 1110. The van der Waals surface area contributed by atoms with Gasteiger partial charge in [-0.15, -0.1) is 0 Å². The summed E-state index contributed by atoms with van der Waals surface area (Å²) in [6.45, 7) is 6.65. The molecule has 4 aliphatic carbocycles. The first-order chi connectivity index (χ1) is 16.5. The number of carbonyl (C=O) groups excluding carboxylic acids is 3. The van der Waals surface area contributed by atoms with Gasteiger partial charge in [0.1, 0.15) is 6.17 Å². The smallest absolute Gasteiger partial charge is 0.288 e. The number of nitrogens with zero attached hydrogens (tertiary/aromatic N) is 1. The van der Waals surface area contributed by atoms with Crippen LogP contribution in [0.5, 0.6) is 0 Å². The van der Waals surface area contributed by atoms with Crippen LogP contribution in [-0.4, -0.2) is 75.7 Å². The molecular weight excluding hydrogens is 492 g/mol. The molecule has 5 aliphatic rings. The average molecular weight is 526 g/mol. The molecule has 0 radical (unpaired) electrons. The fraction of sp³-hybridized carbons (Fsp3) is 0.731. The second kappa shape index (κ2) is 7.71. The van der Waals surface area contributed by atoms with Crippen molar-refractivity contribution in [3.8, 4) is 0 Å². The summed E-state index contributed by atoms with van der Waals surface area (Å²) >= 11 is 0.511. The number of fused-ring (bicyclic) bond motifs is 7. The first-order valence-electron chi connectivity index (χ1n) is 12.3. The summed E-state index contributed by atoms with van der Waals surface area (Å²) in [5.41, 5.74) is -6.50. The van der Waals surface area contributed by atoms with Crippen molar-refractivity contribution in [1.29, 1.82) is 0 Å². The van der Waals surface area contributed by atoms with Gasteiger partial charge in [-0.3, -0.25) is 14.4 Å². The highest BCUT2D eigenvalue weighted by Crippen LogP contribution is 2.73. The van der Waals surface area contributed by atoms with Crippen LogP contribution in [0.1, 0.15) is 47.0 Å². The van der Waals surface area contributed by atoms with Crippen molar-refractivity contribution in [3.63, 3.8) is 0 Å². The maximum absolute atomic E-state index is 17.4. The number of amides is 1. The molecule has 0 aromatic heterocycles. The number of aliphatic hydroxyl groups is 1. The predicted molar refractivity (Wildman–Crippen MR) is 128 cm³/mol. The standard InChI is InChI=1S/C26H33F2NO6S/c1-22(2)34-19-11-14-15-10-17(27)16-9-13(30)7-8-23(16,3)25(15,28)18(31)12-24(14,4)26(19,35-22)20(32)36-21(33)29(5)6/h7-9,14-15,17-19,31H,10-12H2,1-6H3/t14?,15?,17-,18-,19+,23?,24?,25-,26-/m0/s1. The van der Waals surface area contributed by atoms with Gasteiger partial charge >= 0.3 is 0 Å². The van der Waals surface area contributed by atoms with Crippen molar-refractivity contribution < 1.29 is 37.7 Å². The van der Waals surface area contributed by atoms with Gasteiger partial charge in [0, 0.05) is 42.6 Å². The molecule has 0 aromatic rings. The van der Waals surface area contributed by atoms with Crippen LogP contribution in [0.2, 0.25) is 0 Å². The molecule has 0 bridgehead atoms. The predicted octanol–water partition coefficient (Wildman–Crippen LogP) is 3.75. The van der Waals surface area contributed by atoms with E-state index in [1.807, 2.05) is 0 Å². The van der Waals surface area contributed by atoms with Crippen LogP contribution < -0.4 is 0 Å². The Morgan fingerprint density at radius 2 is 1.83 bits per heavy atom. The van der Waals surface area contributed by atoms with Gasteiger partial charge in [-0.05, 0) is 63.7 Å². The topological polar surface area (TPSA) is 93.1 Å². The number of ketones is 1. The summed E-state index contributed by atoms with van der Waals surface area (Å²) < 4.78 is 45.5. The number of hydrogen-bond acceptors (Lipinski definition) is 7. The molecule has 1 N–H and O–H groups in total. The molecule has 9 atom stereocenters. The number of ether oxygens (including phenoxy) is 2. The zero-order valence-electron chi connectivity index (χ0n) is 21.3. The monoisotopic (exact) mass is 525 g/mol. The molecule has 1 aliphatic heterocycles. The first kappa shape index (κ1) is 26.0. The lowest BCUT2D eigenvalue weighted by Gasteiger charge is -2.63. The Balaban J connectivity index is 1.62. The minimum atomic E-state index is -2.27. The van der Waals surface area contributed by atoms with Crippen molar-refractivity contribution in [2.45, 2.75) is 82.4 Å². The lowest BCUT2D eigenvalue weighted by atomic mass is 9.44. The molecule has 0 aromatic carbocycles. The zero-order chi connectivity index (χ0) is 26.6. The van der Waals surface area contributed by atoms with Crippen LogP contribution in [-0.2, 0) is 19.1 Å². The van der Waals surface area contributed by atoms with E-state index in [2.05, 4.69) is 0 Å². The molecule has 198 valence electrons. The van der Waals surface area contributed by atoms with E-state index in [1.54, 1.807) is 20.8 Å². The summed E-state index contributed by atoms with van der Waals surface area (Å²) in [7, 11) is 3.07. The Hall–Kier alpha value is -1.62. The van der Waals surface area contributed by atoms with E-state index in [-0.39, 0.29) is 24.8 Å². The Morgan fingerprint density at radius 1 is 1.17 bits per heavy atom. The van der Waals surface area contributed by atoms with E-state index in [9.17, 15) is 19.5 Å². The third-order valence-corrected chi connectivity index (χ3v) is 10.5. The number of aliphatic hydroxyl groups excluding tert-OH is 1. The lowest BCUT2D eigenvalue weighted by Crippen LogP contribution is -2.70. The molecule has 4 fully saturated rings. The van der Waals surface area contributed by atoms with Crippen molar-refractivity contribution in [2.24, 2.45) is 22.7 Å². The SMILES string of the molecule is CN(C)C(=O)SC(=O)[C@@]12OC(C)(C)O[C@@H]1CC1C3C[C@H](F)C4=CC(=O)C=CC4(C)[C@@]3(F)[C@@H](O)CC12C. The average Bonchev–Trinajstić information content (AvgIpc) is 3.18. The van der Waals surface area contributed by atoms with Gasteiger partial charge in [0.2, 0.25) is 5.12 Å². The van der Waals surface area contributed by atoms with Crippen molar-refractivity contribution in [3.05, 3.63) is 23.8 Å². The Labute approximate surface area is 213 Å². The van der Waals surface area contributed by atoms with E-state index in [0.29, 0.717) is 11.8 Å². The van der Waals surface area contributed by atoms with Crippen LogP contribution >= 0.6 is 11.8 Å². The van der Waals surface area contributed by atoms with Gasteiger partial charge in [-0.1, -0.05) is 13.0 Å². The highest BCUT2D eigenvalue weighted by molar-refractivity contribution is 8.26. The third-order valence-electron chi connectivity index (χ3n) is 9.47. The maximum atomic E-state index is 17.4. The highest BCUT2D eigenvalue weighted by Gasteiger charge is 2.81. The van der Waals surface area contributed by atoms with E-state index in [0.717, 1.165) is 6.08 Å². The summed E-state index contributed by atoms with van der Waals surface area (Å²) in [4.78, 5) is 39.7. The summed E-state index contributed by atoms with van der Waals surface area (Å²) in [6.07, 6.45) is -0.356. The molecule has 4 unspecified atom stereocenters. The largest absolute Gasteiger partial charge is 0.390 e. The summed E-state index contributed by atoms with van der Waals surface area (Å²) in [6, 6.07) is 0. The molecule has 3 saturated carbocycles. The van der Waals surface area contributed by atoms with E-state index in [4.69, 9.17) is 9.47 Å². The van der Waals surface area contributed by atoms with Crippen molar-refractivity contribution >= 4 is 27.9 Å². The normalized spacial score (nSPS) is 48.4. The number of thioether (sulfide) groups is 1. The van der Waals surface area contributed by atoms with E-state index >= 15 is 8.78 Å². The molecule has 1 heterocycles. The van der Waals surface area contributed by atoms with Crippen LogP contribution in [0, 0.1) is 22.7 Å². The zero-order valence-corrected chi connectivity index (χ0v) is 22.2. The van der Waals surface area contributed by atoms with Crippen LogP contribution in [0.3, 0.4) is 0 Å². The molecule has 5 rings (SSSR count). The van der Waals surface area contributed by atoms with E-state index < -0.39 is 74.2 Å². The van der Waals surface area contributed by atoms with Gasteiger partial charge in [0.05, 0.1) is 12.2 Å². The van der Waals surface area contributed by atoms with Crippen LogP contribution in [0.25, 0.3) is 0 Å². The quantitative estimate of drug-likeness (QED) is 0.557. The Morgan fingerprint density at radius 3 is 2.47 bits per heavy atom. The molecule has 36 heavy (non-hydrogen) atoms. The summed E-state index contributed by atoms with van der Waals surface area (Å²) in [5.74, 6) is -3.10. The molecule has 10 heteroatoms. The molecule has 7 nitrogen and oxygen atoms in total. The number of alkyl halides is 2. The first-order valence-corrected chi connectivity index (χ1v) is 13.1. The number of halogens is 2. The van der Waals surface area contributed by atoms with Gasteiger partial charge in [-0.25, -0.2) is 8.78 Å². The minimum Gasteiger partial charge on any atom is -0.390 e. The van der Waals surface area contributed by atoms with Crippen molar-refractivity contribution in [2.75, 3.05) is 14.1 Å². The van der Waals surface area contributed by atoms with Crippen LogP contribution in [0.15, 0.2) is 23.8 Å². The minimum absolute atomic E-state index is 0.0427. The van der Waals surface area contributed by atoms with Gasteiger partial charge in [0.25, 0.3) is 5.24 Å². The van der Waals surface area contributed by atoms with E-state index in [1.165, 1.54) is 38.1 Å². The summed E-state index contributed by atoms with van der Waals surface area (Å²) in [5, 5.41) is 10.5. The van der Waals surface area contributed by atoms with Crippen molar-refractivity contribution in [1.82, 2.24) is 4.90 Å². The molecular formula is C26H33F2NO6S. The number of allylic oxidation sites excluding steroid dienone is 4. The Kier molecular flexibility index (Phi) is 5.57. The lowest BCUT2D eigenvalue weighted by molar-refractivity contribution is -0.246. The van der Waals surface area contributed by atoms with Gasteiger partial charge in [-0.2, -0.15) is 0 Å². The fourth-order valence-electron chi connectivity index (χ4n) is 7.90. The van der Waals surface area contributed by atoms with Gasteiger partial charge < -0.3 is 19.5 Å². The third kappa shape index (κ3) is 3.04. The second-order valence-corrected chi connectivity index (χ2v) is 12.9. The van der Waals surface area contributed by atoms with Gasteiger partial charge in [0.15, 0.2) is 22.8 Å². The number of rotatable bonds is 1. The molecule has 1 saturated heterocycles. The maximum Gasteiger partial charge on any atom is 0.288 e. The second-order valence-electron chi connectivity index (χ2n) is 12.0. The fourth-order valence-corrected chi connectivity index (χ4v) is 8.80. The molecule has 0 spiro atoms. The van der Waals surface area contributed by atoms with Crippen LogP contribution in [0.4, 0.5) is 13.6 Å². The number of hydrogen-bond donors (Lipinski definition) is 1. The molecule has 1 amide bonds.